The number of aryl methyl sites for hydroxylation is 2. The molecule has 10 nitrogen and oxygen atoms in total. The van der Waals surface area contributed by atoms with Gasteiger partial charge in [0.05, 0.1) is 27.3 Å². The normalized spacial score (nSPS) is 19.3. The van der Waals surface area contributed by atoms with E-state index < -0.39 is 10.9 Å². The Morgan fingerprint density at radius 1 is 1.22 bits per heavy atom. The summed E-state index contributed by atoms with van der Waals surface area (Å²) >= 11 is 1.60. The molecular weight excluding hydrogens is 480 g/mol. The van der Waals surface area contributed by atoms with Gasteiger partial charge in [-0.2, -0.15) is 0 Å². The lowest BCUT2D eigenvalue weighted by Gasteiger charge is -2.42. The van der Waals surface area contributed by atoms with Crippen molar-refractivity contribution in [2.24, 2.45) is 5.41 Å². The molecule has 2 aliphatic rings. The van der Waals surface area contributed by atoms with Crippen LogP contribution in [0.2, 0.25) is 0 Å². The van der Waals surface area contributed by atoms with E-state index in [1.165, 1.54) is 12.3 Å². The molecule has 11 heteroatoms. The fourth-order valence-electron chi connectivity index (χ4n) is 4.83. The molecule has 1 atom stereocenters. The second-order valence-electron chi connectivity index (χ2n) is 10.5. The van der Waals surface area contributed by atoms with Crippen LogP contribution in [0.15, 0.2) is 21.9 Å². The molecule has 1 saturated heterocycles. The van der Waals surface area contributed by atoms with Crippen LogP contribution in [0.3, 0.4) is 0 Å². The summed E-state index contributed by atoms with van der Waals surface area (Å²) < 4.78 is 0. The molecule has 3 N–H and O–H groups in total. The molecule has 1 unspecified atom stereocenters. The number of pyridine rings is 1. The molecule has 2 aromatic heterocycles. The predicted molar refractivity (Wildman–Crippen MR) is 139 cm³/mol. The van der Waals surface area contributed by atoms with Gasteiger partial charge in [0.1, 0.15) is 11.4 Å². The zero-order chi connectivity index (χ0) is 25.9. The van der Waals surface area contributed by atoms with E-state index in [-0.39, 0.29) is 51.9 Å². The summed E-state index contributed by atoms with van der Waals surface area (Å²) in [6.07, 6.45) is 3.16. The van der Waals surface area contributed by atoms with Crippen LogP contribution >= 0.6 is 11.3 Å². The van der Waals surface area contributed by atoms with Crippen molar-refractivity contribution in [3.8, 4) is 5.75 Å². The number of aromatic hydroxyl groups is 1. The van der Waals surface area contributed by atoms with Crippen molar-refractivity contribution >= 4 is 34.3 Å². The molecule has 1 aliphatic carbocycles. The number of aromatic nitrogens is 2. The Labute approximate surface area is 212 Å². The highest BCUT2D eigenvalue weighted by atomic mass is 32.1. The molecule has 36 heavy (non-hydrogen) atoms. The zero-order valence-electron chi connectivity index (χ0n) is 21.0. The fraction of sp³-hybridized carbons (Fsp3) is 0.480. The second-order valence-corrected chi connectivity index (χ2v) is 11.8. The van der Waals surface area contributed by atoms with E-state index in [1.54, 1.807) is 16.2 Å². The molecule has 190 valence electrons. The fourth-order valence-corrected chi connectivity index (χ4v) is 6.06. The monoisotopic (exact) mass is 510 g/mol. The van der Waals surface area contributed by atoms with Gasteiger partial charge in [-0.1, -0.05) is 13.8 Å². The van der Waals surface area contributed by atoms with Gasteiger partial charge in [-0.05, 0) is 45.3 Å². The lowest BCUT2D eigenvalue weighted by atomic mass is 9.74. The highest BCUT2D eigenvalue weighted by Gasteiger charge is 2.40. The van der Waals surface area contributed by atoms with Gasteiger partial charge in [0.15, 0.2) is 11.4 Å². The number of likely N-dealkylation sites (tertiary alicyclic amines) is 1. The minimum Gasteiger partial charge on any atom is -0.504 e. The number of hydrogen-bond donors (Lipinski definition) is 3. The van der Waals surface area contributed by atoms with Gasteiger partial charge in [-0.25, -0.2) is 9.97 Å². The molecule has 1 fully saturated rings. The maximum absolute atomic E-state index is 12.9. The van der Waals surface area contributed by atoms with Crippen molar-refractivity contribution < 1.29 is 9.90 Å². The van der Waals surface area contributed by atoms with E-state index in [0.717, 1.165) is 28.4 Å². The van der Waals surface area contributed by atoms with Crippen LogP contribution in [0.25, 0.3) is 0 Å². The number of carbonyl (C=O) groups excluding carboxylic acids is 1. The third kappa shape index (κ3) is 3.96. The summed E-state index contributed by atoms with van der Waals surface area (Å²) in [6.45, 7) is 7.32. The predicted octanol–water partition coefficient (Wildman–Crippen LogP) is 2.40. The van der Waals surface area contributed by atoms with E-state index >= 15 is 0 Å². The maximum Gasteiger partial charge on any atom is 0.276 e. The molecular formula is C25H30N6O4S. The quantitative estimate of drug-likeness (QED) is 0.428. The number of rotatable bonds is 6. The van der Waals surface area contributed by atoms with Gasteiger partial charge < -0.3 is 25.5 Å². The van der Waals surface area contributed by atoms with Crippen LogP contribution in [0.4, 0.5) is 17.1 Å². The number of amides is 1. The van der Waals surface area contributed by atoms with Crippen molar-refractivity contribution in [1.29, 1.82) is 0 Å². The smallest absolute Gasteiger partial charge is 0.276 e. The third-order valence-electron chi connectivity index (χ3n) is 7.35. The highest BCUT2D eigenvalue weighted by Crippen LogP contribution is 2.47. The number of thiazole rings is 1. The van der Waals surface area contributed by atoms with Crippen molar-refractivity contribution in [1.82, 2.24) is 19.8 Å². The molecule has 0 saturated carbocycles. The Morgan fingerprint density at radius 2 is 1.92 bits per heavy atom. The average molecular weight is 511 g/mol. The standard InChI is InChI=1S/C25H30N6O4S/c1-12-27-15-6-8-25(2,3)23(22(15)36-12)29-17-16(20(33)21(17)34)28-14-7-9-26-18(19(14)32)24(35)31-10-13(11-31)30(4)5/h7,9,13,23,29,32H,6,8,10-11H2,1-5H3,(H,26,28). The number of nitrogens with zero attached hydrogens (tertiary/aromatic N) is 4. The number of anilines is 3. The average Bonchev–Trinajstić information content (AvgIpc) is 3.16. The molecule has 5 rings (SSSR count). The van der Waals surface area contributed by atoms with Gasteiger partial charge in [0.25, 0.3) is 16.8 Å². The molecule has 1 aliphatic heterocycles. The van der Waals surface area contributed by atoms with Gasteiger partial charge in [0, 0.05) is 25.3 Å². The van der Waals surface area contributed by atoms with Crippen LogP contribution < -0.4 is 21.5 Å². The first-order chi connectivity index (χ1) is 17.0. The largest absolute Gasteiger partial charge is 0.504 e. The molecule has 0 bridgehead atoms. The molecule has 3 aromatic rings. The Balaban J connectivity index is 1.40. The maximum atomic E-state index is 12.9. The summed E-state index contributed by atoms with van der Waals surface area (Å²) in [4.78, 5) is 51.4. The Hall–Kier alpha value is -3.31. The Kier molecular flexibility index (Phi) is 5.87. The summed E-state index contributed by atoms with van der Waals surface area (Å²) in [5, 5.41) is 18.0. The van der Waals surface area contributed by atoms with E-state index in [2.05, 4.69) is 34.4 Å². The third-order valence-corrected chi connectivity index (χ3v) is 8.43. The van der Waals surface area contributed by atoms with Crippen molar-refractivity contribution in [3.63, 3.8) is 0 Å². The topological polar surface area (TPSA) is 128 Å². The minimum atomic E-state index is -0.674. The van der Waals surface area contributed by atoms with Crippen LogP contribution in [0.5, 0.6) is 5.75 Å². The van der Waals surface area contributed by atoms with Crippen molar-refractivity contribution in [2.75, 3.05) is 37.8 Å². The van der Waals surface area contributed by atoms with Crippen molar-refractivity contribution in [2.45, 2.75) is 45.7 Å². The van der Waals surface area contributed by atoms with Gasteiger partial charge >= 0.3 is 0 Å². The summed E-state index contributed by atoms with van der Waals surface area (Å²) in [7, 11) is 3.91. The van der Waals surface area contributed by atoms with Crippen LogP contribution in [-0.4, -0.2) is 64.0 Å². The lowest BCUT2D eigenvalue weighted by Crippen LogP contribution is -2.59. The second kappa shape index (κ2) is 8.67. The summed E-state index contributed by atoms with van der Waals surface area (Å²) in [5.41, 5.74) is -0.121. The number of fused-ring (bicyclic) bond motifs is 1. The number of nitrogens with one attached hydrogen (secondary N) is 2. The van der Waals surface area contributed by atoms with Crippen LogP contribution in [0.1, 0.15) is 52.4 Å². The number of carbonyl (C=O) groups is 1. The molecule has 3 heterocycles. The van der Waals surface area contributed by atoms with Crippen molar-refractivity contribution in [3.05, 3.63) is 54.0 Å². The van der Waals surface area contributed by atoms with Crippen LogP contribution in [0, 0.1) is 12.3 Å². The first-order valence-electron chi connectivity index (χ1n) is 11.9. The summed E-state index contributed by atoms with van der Waals surface area (Å²) in [6, 6.07) is 1.55. The lowest BCUT2D eigenvalue weighted by molar-refractivity contribution is 0.0391. The van der Waals surface area contributed by atoms with E-state index in [4.69, 9.17) is 0 Å². The van der Waals surface area contributed by atoms with E-state index in [0.29, 0.717) is 13.1 Å². The minimum absolute atomic E-state index is 0.0701. The first-order valence-corrected chi connectivity index (χ1v) is 12.8. The van der Waals surface area contributed by atoms with Gasteiger partial charge in [-0.15, -0.1) is 11.3 Å². The number of likely N-dealkylation sites (N-methyl/N-ethyl adjacent to an activating group) is 1. The summed E-state index contributed by atoms with van der Waals surface area (Å²) in [5.74, 6) is -0.734. The Bertz CT molecular complexity index is 1410. The molecule has 0 radical (unpaired) electrons. The van der Waals surface area contributed by atoms with Gasteiger partial charge in [0.2, 0.25) is 0 Å². The first kappa shape index (κ1) is 24.4. The van der Waals surface area contributed by atoms with E-state index in [9.17, 15) is 19.5 Å². The molecule has 0 spiro atoms. The Morgan fingerprint density at radius 3 is 2.61 bits per heavy atom. The zero-order valence-corrected chi connectivity index (χ0v) is 21.8. The van der Waals surface area contributed by atoms with E-state index in [1.807, 2.05) is 25.9 Å². The molecule has 1 amide bonds. The number of hydrogen-bond acceptors (Lipinski definition) is 10. The SMILES string of the molecule is Cc1nc2c(s1)C(Nc1c(Nc3ccnc(C(=O)N4CC(N(C)C)C4)c3O)c(=O)c1=O)C(C)(C)CC2. The van der Waals surface area contributed by atoms with Crippen LogP contribution in [-0.2, 0) is 6.42 Å². The molecule has 1 aromatic carbocycles. The highest BCUT2D eigenvalue weighted by molar-refractivity contribution is 7.11. The van der Waals surface area contributed by atoms with Gasteiger partial charge in [-0.3, -0.25) is 14.4 Å².